The number of carbonyl (C=O) groups is 1. The molecule has 0 radical (unpaired) electrons. The summed E-state index contributed by atoms with van der Waals surface area (Å²) in [4.78, 5) is 12.5. The molecule has 1 saturated heterocycles. The molecular formula is C19H22F2N4O3S. The van der Waals surface area contributed by atoms with Crippen LogP contribution in [0.4, 0.5) is 8.78 Å². The van der Waals surface area contributed by atoms with Crippen LogP contribution < -0.4 is 5.32 Å². The molecule has 4 rings (SSSR count). The molecule has 0 bridgehead atoms. The number of nitrogens with zero attached hydrogens (tertiary/aromatic N) is 3. The van der Waals surface area contributed by atoms with Gasteiger partial charge in [-0.1, -0.05) is 18.2 Å². The van der Waals surface area contributed by atoms with E-state index in [0.29, 0.717) is 29.5 Å². The second-order valence-corrected chi connectivity index (χ2v) is 9.58. The predicted molar refractivity (Wildman–Crippen MR) is 101 cm³/mol. The summed E-state index contributed by atoms with van der Waals surface area (Å²) < 4.78 is 54.4. The number of hydrogen-bond donors (Lipinski definition) is 1. The number of fused-ring (bicyclic) bond motifs is 1. The Bertz CT molecular complexity index is 1080. The second kappa shape index (κ2) is 6.88. The van der Waals surface area contributed by atoms with Gasteiger partial charge in [-0.3, -0.25) is 4.79 Å². The summed E-state index contributed by atoms with van der Waals surface area (Å²) >= 11 is 0. The van der Waals surface area contributed by atoms with Crippen LogP contribution >= 0.6 is 0 Å². The van der Waals surface area contributed by atoms with E-state index in [1.807, 2.05) is 12.1 Å². The molecule has 2 aliphatic heterocycles. The highest BCUT2D eigenvalue weighted by molar-refractivity contribution is 7.89. The third kappa shape index (κ3) is 3.24. The van der Waals surface area contributed by atoms with Crippen molar-refractivity contribution in [2.24, 2.45) is 0 Å². The Morgan fingerprint density at radius 1 is 1.21 bits per heavy atom. The molecule has 3 heterocycles. The van der Waals surface area contributed by atoms with Gasteiger partial charge in [0.2, 0.25) is 10.0 Å². The fraction of sp³-hybridized carbons (Fsp3) is 0.474. The van der Waals surface area contributed by atoms with E-state index in [-0.39, 0.29) is 35.3 Å². The van der Waals surface area contributed by atoms with Crippen LogP contribution in [-0.4, -0.2) is 47.0 Å². The van der Waals surface area contributed by atoms with Crippen LogP contribution in [0, 0.1) is 13.8 Å². The van der Waals surface area contributed by atoms with Gasteiger partial charge in [-0.05, 0) is 44.7 Å². The number of alkyl halides is 2. The lowest BCUT2D eigenvalue weighted by atomic mass is 9.92. The molecule has 29 heavy (non-hydrogen) atoms. The first-order chi connectivity index (χ1) is 13.6. The van der Waals surface area contributed by atoms with Crippen molar-refractivity contribution in [1.82, 2.24) is 19.4 Å². The van der Waals surface area contributed by atoms with Crippen LogP contribution in [0.5, 0.6) is 0 Å². The number of halogens is 2. The van der Waals surface area contributed by atoms with Gasteiger partial charge in [0.05, 0.1) is 16.9 Å². The Morgan fingerprint density at radius 3 is 2.62 bits per heavy atom. The highest BCUT2D eigenvalue weighted by Gasteiger charge is 2.46. The molecular weight excluding hydrogens is 402 g/mol. The van der Waals surface area contributed by atoms with Gasteiger partial charge in [-0.15, -0.1) is 0 Å². The molecule has 1 atom stereocenters. The van der Waals surface area contributed by atoms with Gasteiger partial charge in [-0.25, -0.2) is 13.1 Å². The zero-order chi connectivity index (χ0) is 21.0. The van der Waals surface area contributed by atoms with E-state index in [9.17, 15) is 22.0 Å². The zero-order valence-electron chi connectivity index (χ0n) is 16.2. The van der Waals surface area contributed by atoms with Crippen molar-refractivity contribution in [1.29, 1.82) is 0 Å². The predicted octanol–water partition coefficient (Wildman–Crippen LogP) is 2.40. The summed E-state index contributed by atoms with van der Waals surface area (Å²) in [5.74, 6) is -0.213. The summed E-state index contributed by atoms with van der Waals surface area (Å²) in [5, 5.41) is 6.73. The Kier molecular flexibility index (Phi) is 4.73. The molecule has 10 heteroatoms. The summed E-state index contributed by atoms with van der Waals surface area (Å²) in [7, 11) is -4.02. The Labute approximate surface area is 167 Å². The molecule has 2 aliphatic rings. The van der Waals surface area contributed by atoms with Crippen molar-refractivity contribution in [2.75, 3.05) is 13.1 Å². The number of carbonyl (C=O) groups excluding carboxylic acids is 1. The highest BCUT2D eigenvalue weighted by atomic mass is 32.2. The number of hydrogen-bond acceptors (Lipinski definition) is 4. The number of amides is 1. The summed E-state index contributed by atoms with van der Waals surface area (Å²) in [6.45, 7) is 0.136. The quantitative estimate of drug-likeness (QED) is 0.820. The molecule has 0 aliphatic carbocycles. The topological polar surface area (TPSA) is 84.3 Å². The smallest absolute Gasteiger partial charge is 0.333 e. The van der Waals surface area contributed by atoms with Gasteiger partial charge in [-0.2, -0.15) is 18.2 Å². The molecule has 1 N–H and O–H groups in total. The lowest BCUT2D eigenvalue weighted by molar-refractivity contribution is 0.0538. The van der Waals surface area contributed by atoms with E-state index in [0.717, 1.165) is 5.56 Å². The Morgan fingerprint density at radius 2 is 1.93 bits per heavy atom. The van der Waals surface area contributed by atoms with Gasteiger partial charge >= 0.3 is 6.55 Å². The van der Waals surface area contributed by atoms with Gasteiger partial charge < -0.3 is 5.32 Å². The largest absolute Gasteiger partial charge is 0.345 e. The SMILES string of the molecule is Cc1nn(C(F)F)c(C)c1S(=O)(=O)N1CC[C@]2(CCc3ccccc3C(=O)N2)C1. The van der Waals surface area contributed by atoms with Crippen LogP contribution in [0.1, 0.15) is 46.7 Å². The first-order valence-electron chi connectivity index (χ1n) is 9.39. The average Bonchev–Trinajstić information content (AvgIpc) is 3.18. The first-order valence-corrected chi connectivity index (χ1v) is 10.8. The molecule has 1 spiro atoms. The normalized spacial score (nSPS) is 22.7. The van der Waals surface area contributed by atoms with E-state index in [2.05, 4.69) is 10.4 Å². The summed E-state index contributed by atoms with van der Waals surface area (Å²) in [6.07, 6.45) is 1.73. The average molecular weight is 424 g/mol. The number of rotatable bonds is 3. The van der Waals surface area contributed by atoms with Crippen LogP contribution in [0.15, 0.2) is 29.2 Å². The lowest BCUT2D eigenvalue weighted by Crippen LogP contribution is -2.50. The molecule has 2 aromatic rings. The number of nitrogens with one attached hydrogen (secondary N) is 1. The van der Waals surface area contributed by atoms with Crippen molar-refractivity contribution < 1.29 is 22.0 Å². The Hall–Kier alpha value is -2.33. The van der Waals surface area contributed by atoms with Crippen molar-refractivity contribution in [3.05, 3.63) is 46.8 Å². The first kappa shape index (κ1) is 20.0. The highest BCUT2D eigenvalue weighted by Crippen LogP contribution is 2.35. The fourth-order valence-corrected chi connectivity index (χ4v) is 6.28. The van der Waals surface area contributed by atoms with E-state index >= 15 is 0 Å². The standard InChI is InChI=1S/C19H22F2N4O3S/c1-12-16(13(2)25(23-12)18(20)21)29(27,28)24-10-9-19(11-24)8-7-14-5-3-4-6-15(14)17(26)22-19/h3-6,18H,7-11H2,1-2H3,(H,22,26)/t19-/m1/s1. The number of aromatic nitrogens is 2. The maximum atomic E-state index is 13.2. The second-order valence-electron chi connectivity index (χ2n) is 7.70. The minimum absolute atomic E-state index is 0.0426. The van der Waals surface area contributed by atoms with Crippen molar-refractivity contribution in [2.45, 2.75) is 50.1 Å². The van der Waals surface area contributed by atoms with Crippen molar-refractivity contribution in [3.8, 4) is 0 Å². The maximum Gasteiger partial charge on any atom is 0.333 e. The number of sulfonamides is 1. The molecule has 0 unspecified atom stereocenters. The third-order valence-corrected chi connectivity index (χ3v) is 7.97. The molecule has 1 fully saturated rings. The van der Waals surface area contributed by atoms with Gasteiger partial charge in [0.15, 0.2) is 0 Å². The van der Waals surface area contributed by atoms with E-state index in [4.69, 9.17) is 0 Å². The minimum Gasteiger partial charge on any atom is -0.345 e. The summed E-state index contributed by atoms with van der Waals surface area (Å²) in [6, 6.07) is 7.34. The van der Waals surface area contributed by atoms with Crippen LogP contribution in [0.25, 0.3) is 0 Å². The van der Waals surface area contributed by atoms with Gasteiger partial charge in [0.1, 0.15) is 4.90 Å². The number of aryl methyl sites for hydroxylation is 2. The van der Waals surface area contributed by atoms with Gasteiger partial charge in [0, 0.05) is 18.7 Å². The lowest BCUT2D eigenvalue weighted by Gasteiger charge is -2.29. The maximum absolute atomic E-state index is 13.2. The van der Waals surface area contributed by atoms with E-state index < -0.39 is 22.1 Å². The molecule has 156 valence electrons. The Balaban J connectivity index is 1.63. The van der Waals surface area contributed by atoms with Crippen molar-refractivity contribution in [3.63, 3.8) is 0 Å². The third-order valence-electron chi connectivity index (χ3n) is 5.87. The number of benzene rings is 1. The van der Waals surface area contributed by atoms with Crippen LogP contribution in [0.2, 0.25) is 0 Å². The van der Waals surface area contributed by atoms with E-state index in [1.165, 1.54) is 18.2 Å². The van der Waals surface area contributed by atoms with E-state index in [1.54, 1.807) is 12.1 Å². The molecule has 1 aromatic heterocycles. The minimum atomic E-state index is -4.02. The molecule has 7 nitrogen and oxygen atoms in total. The summed E-state index contributed by atoms with van der Waals surface area (Å²) in [5.41, 5.74) is 0.824. The zero-order valence-corrected chi connectivity index (χ0v) is 17.0. The fourth-order valence-electron chi connectivity index (χ4n) is 4.39. The molecule has 0 saturated carbocycles. The van der Waals surface area contributed by atoms with Crippen LogP contribution in [-0.2, 0) is 16.4 Å². The molecule has 1 aromatic carbocycles. The van der Waals surface area contributed by atoms with Gasteiger partial charge in [0.25, 0.3) is 5.91 Å². The van der Waals surface area contributed by atoms with Crippen LogP contribution in [0.3, 0.4) is 0 Å². The monoisotopic (exact) mass is 424 g/mol. The molecule has 1 amide bonds. The van der Waals surface area contributed by atoms with Crippen molar-refractivity contribution >= 4 is 15.9 Å².